The minimum Gasteiger partial charge on any atom is -0.442 e. The van der Waals surface area contributed by atoms with E-state index < -0.39 is 12.2 Å². The van der Waals surface area contributed by atoms with Gasteiger partial charge in [-0.05, 0) is 43.3 Å². The van der Waals surface area contributed by atoms with Crippen LogP contribution in [0, 0.1) is 0 Å². The Labute approximate surface area is 183 Å². The molecule has 0 spiro atoms. The van der Waals surface area contributed by atoms with Crippen molar-refractivity contribution in [2.45, 2.75) is 13.0 Å². The highest BCUT2D eigenvalue weighted by atomic mass is 35.5. The normalized spacial score (nSPS) is 19.0. The molecule has 4 rings (SSSR count). The third-order valence-electron chi connectivity index (χ3n) is 4.99. The monoisotopic (exact) mass is 447 g/mol. The molecule has 1 aromatic heterocycles. The number of cyclic esters (lactones) is 1. The molecule has 2 amide bonds. The number of halogens is 1. The number of carbonyl (C=O) groups excluding carboxylic acids is 2. The largest absolute Gasteiger partial charge is 0.442 e. The van der Waals surface area contributed by atoms with E-state index >= 15 is 0 Å². The zero-order valence-corrected chi connectivity index (χ0v) is 18.2. The topological polar surface area (TPSA) is 77.5 Å². The molecule has 1 saturated heterocycles. The highest BCUT2D eigenvalue weighted by Gasteiger charge is 2.32. The Morgan fingerprint density at radius 1 is 1.20 bits per heavy atom. The summed E-state index contributed by atoms with van der Waals surface area (Å²) in [7, 11) is 1.96. The number of carbonyl (C=O) groups is 2. The van der Waals surface area contributed by atoms with E-state index in [0.717, 1.165) is 30.3 Å². The Morgan fingerprint density at radius 2 is 1.90 bits per heavy atom. The number of benzene rings is 1. The molecule has 8 nitrogen and oxygen atoms in total. The number of nitrogens with one attached hydrogen (secondary N) is 1. The van der Waals surface area contributed by atoms with Gasteiger partial charge in [0.25, 0.3) is 5.91 Å². The summed E-state index contributed by atoms with van der Waals surface area (Å²) in [5.74, 6) is 0.704. The van der Waals surface area contributed by atoms with Crippen LogP contribution in [0.2, 0.25) is 4.34 Å². The summed E-state index contributed by atoms with van der Waals surface area (Å²) < 4.78 is 5.97. The summed E-state index contributed by atoms with van der Waals surface area (Å²) >= 11 is 7.07. The number of nitrogens with zero attached hydrogens (tertiary/aromatic N) is 4. The van der Waals surface area contributed by atoms with Gasteiger partial charge in [0.2, 0.25) is 0 Å². The molecule has 1 aromatic carbocycles. The van der Waals surface area contributed by atoms with Crippen LogP contribution in [-0.4, -0.2) is 62.2 Å². The zero-order chi connectivity index (χ0) is 21.3. The van der Waals surface area contributed by atoms with Gasteiger partial charge in [-0.25, -0.2) is 4.79 Å². The first-order valence-electron chi connectivity index (χ1n) is 9.56. The molecule has 2 aliphatic rings. The molecular formula is C20H22ClN5O3S. The molecular weight excluding hydrogens is 426 g/mol. The Morgan fingerprint density at radius 3 is 2.53 bits per heavy atom. The van der Waals surface area contributed by atoms with Crippen LogP contribution in [0.5, 0.6) is 0 Å². The number of amidine groups is 1. The summed E-state index contributed by atoms with van der Waals surface area (Å²) in [5.41, 5.74) is 1.78. The number of thiophene rings is 1. The number of hydrogen-bond donors (Lipinski definition) is 1. The maximum atomic E-state index is 12.3. The van der Waals surface area contributed by atoms with E-state index in [1.165, 1.54) is 11.3 Å². The Bertz CT molecular complexity index is 977. The molecule has 0 radical (unpaired) electrons. The molecule has 0 unspecified atom stereocenters. The summed E-state index contributed by atoms with van der Waals surface area (Å²) in [6, 6.07) is 11.1. The maximum Gasteiger partial charge on any atom is 0.414 e. The molecule has 1 N–H and O–H groups in total. The predicted octanol–water partition coefficient (Wildman–Crippen LogP) is 3.24. The van der Waals surface area contributed by atoms with Gasteiger partial charge in [0.1, 0.15) is 11.9 Å². The average molecular weight is 448 g/mol. The van der Waals surface area contributed by atoms with E-state index in [1.807, 2.05) is 43.2 Å². The van der Waals surface area contributed by atoms with E-state index in [-0.39, 0.29) is 12.5 Å². The molecule has 158 valence electrons. The summed E-state index contributed by atoms with van der Waals surface area (Å²) in [6.07, 6.45) is -0.831. The standard InChI is InChI=1S/C20H22ClN5O3S/c1-13-23-24(2)9-10-25(13)14-3-5-15(6-4-14)26-12-16(29-20(26)28)11-22-19(27)17-7-8-18(21)30-17/h3-8,16H,9-12H2,1-2H3,(H,22,27)/t16-/m0/s1. The minimum absolute atomic E-state index is 0.227. The molecule has 1 atom stereocenters. The van der Waals surface area contributed by atoms with Crippen molar-refractivity contribution in [3.63, 3.8) is 0 Å². The van der Waals surface area contributed by atoms with Gasteiger partial charge in [0.05, 0.1) is 28.8 Å². The number of ether oxygens (including phenoxy) is 1. The Balaban J connectivity index is 1.36. The number of hydrazone groups is 1. The first-order chi connectivity index (χ1) is 14.4. The van der Waals surface area contributed by atoms with Crippen molar-refractivity contribution in [1.29, 1.82) is 0 Å². The fourth-order valence-corrected chi connectivity index (χ4v) is 4.41. The van der Waals surface area contributed by atoms with Crippen molar-refractivity contribution in [2.75, 3.05) is 43.0 Å². The lowest BCUT2D eigenvalue weighted by atomic mass is 10.2. The van der Waals surface area contributed by atoms with E-state index in [4.69, 9.17) is 16.3 Å². The van der Waals surface area contributed by atoms with Crippen LogP contribution in [0.1, 0.15) is 16.6 Å². The lowest BCUT2D eigenvalue weighted by Gasteiger charge is -2.32. The molecule has 0 aliphatic carbocycles. The molecule has 2 aromatic rings. The van der Waals surface area contributed by atoms with Gasteiger partial charge in [-0.2, -0.15) is 5.10 Å². The van der Waals surface area contributed by atoms with E-state index in [1.54, 1.807) is 17.0 Å². The highest BCUT2D eigenvalue weighted by Crippen LogP contribution is 2.26. The Hall–Kier alpha value is -2.78. The van der Waals surface area contributed by atoms with Crippen LogP contribution >= 0.6 is 22.9 Å². The molecule has 2 aliphatic heterocycles. The molecule has 10 heteroatoms. The van der Waals surface area contributed by atoms with Gasteiger partial charge < -0.3 is 15.0 Å². The Kier molecular flexibility index (Phi) is 5.83. The van der Waals surface area contributed by atoms with Crippen molar-refractivity contribution >= 4 is 52.1 Å². The maximum absolute atomic E-state index is 12.3. The number of hydrogen-bond acceptors (Lipinski definition) is 7. The van der Waals surface area contributed by atoms with Gasteiger partial charge in [-0.3, -0.25) is 14.7 Å². The number of rotatable bonds is 5. The van der Waals surface area contributed by atoms with Crippen molar-refractivity contribution in [2.24, 2.45) is 5.10 Å². The number of anilines is 2. The van der Waals surface area contributed by atoms with Crippen molar-refractivity contribution in [3.05, 3.63) is 45.6 Å². The fourth-order valence-electron chi connectivity index (χ4n) is 3.45. The second-order valence-corrected chi connectivity index (χ2v) is 8.84. The third-order valence-corrected chi connectivity index (χ3v) is 6.22. The zero-order valence-electron chi connectivity index (χ0n) is 16.7. The number of likely N-dealkylation sites (N-methyl/N-ethyl adjacent to an activating group) is 1. The summed E-state index contributed by atoms with van der Waals surface area (Å²) in [4.78, 5) is 28.7. The third kappa shape index (κ3) is 4.36. The lowest BCUT2D eigenvalue weighted by molar-refractivity contribution is 0.0920. The minimum atomic E-state index is -0.418. The lowest BCUT2D eigenvalue weighted by Crippen LogP contribution is -2.41. The second-order valence-electron chi connectivity index (χ2n) is 7.13. The van der Waals surface area contributed by atoms with E-state index in [0.29, 0.717) is 15.8 Å². The van der Waals surface area contributed by atoms with Gasteiger partial charge in [-0.1, -0.05) is 11.6 Å². The first kappa shape index (κ1) is 20.5. The second kappa shape index (κ2) is 8.53. The van der Waals surface area contributed by atoms with Crippen LogP contribution < -0.4 is 15.1 Å². The summed E-state index contributed by atoms with van der Waals surface area (Å²) in [6.45, 7) is 4.30. The molecule has 3 heterocycles. The summed E-state index contributed by atoms with van der Waals surface area (Å²) in [5, 5.41) is 9.19. The van der Waals surface area contributed by atoms with Crippen LogP contribution in [0.25, 0.3) is 0 Å². The van der Waals surface area contributed by atoms with Crippen LogP contribution in [0.15, 0.2) is 41.5 Å². The van der Waals surface area contributed by atoms with Crippen LogP contribution in [-0.2, 0) is 4.74 Å². The predicted molar refractivity (Wildman–Crippen MR) is 119 cm³/mol. The molecule has 30 heavy (non-hydrogen) atoms. The first-order valence-corrected chi connectivity index (χ1v) is 10.8. The van der Waals surface area contributed by atoms with E-state index in [2.05, 4.69) is 15.3 Å². The van der Waals surface area contributed by atoms with Crippen molar-refractivity contribution in [3.8, 4) is 0 Å². The highest BCUT2D eigenvalue weighted by molar-refractivity contribution is 7.18. The van der Waals surface area contributed by atoms with Gasteiger partial charge >= 0.3 is 6.09 Å². The van der Waals surface area contributed by atoms with Gasteiger partial charge in [0, 0.05) is 25.0 Å². The molecule has 0 bridgehead atoms. The van der Waals surface area contributed by atoms with Crippen molar-refractivity contribution in [1.82, 2.24) is 10.3 Å². The SMILES string of the molecule is CC1=NN(C)CCN1c1ccc(N2C[C@H](CNC(=O)c3ccc(Cl)s3)OC2=O)cc1. The smallest absolute Gasteiger partial charge is 0.414 e. The molecule has 1 fully saturated rings. The van der Waals surface area contributed by atoms with Gasteiger partial charge in [-0.15, -0.1) is 11.3 Å². The van der Waals surface area contributed by atoms with Crippen LogP contribution in [0.3, 0.4) is 0 Å². The van der Waals surface area contributed by atoms with Gasteiger partial charge in [0.15, 0.2) is 0 Å². The quantitative estimate of drug-likeness (QED) is 0.761. The average Bonchev–Trinajstić information content (AvgIpc) is 3.32. The van der Waals surface area contributed by atoms with E-state index in [9.17, 15) is 9.59 Å². The van der Waals surface area contributed by atoms with Crippen molar-refractivity contribution < 1.29 is 14.3 Å². The fraction of sp³-hybridized carbons (Fsp3) is 0.350. The molecule has 0 saturated carbocycles. The van der Waals surface area contributed by atoms with Crippen LogP contribution in [0.4, 0.5) is 16.2 Å². The number of amides is 2.